The van der Waals surface area contributed by atoms with Crippen LogP contribution in [-0.2, 0) is 62.7 Å². The zero-order valence-electron chi connectivity index (χ0n) is 45.0. The van der Waals surface area contributed by atoms with Gasteiger partial charge in [0.2, 0.25) is 23.5 Å². The minimum absolute atomic E-state index is 0.0992. The number of hydrogen-bond donors (Lipinski definition) is 0. The van der Waals surface area contributed by atoms with Gasteiger partial charge in [-0.2, -0.15) is 61.5 Å². The number of aryl methyl sites for hydroxylation is 6. The van der Waals surface area contributed by atoms with Crippen LogP contribution in [0.3, 0.4) is 0 Å². The molecular weight excluding hydrogens is 1160 g/mol. The van der Waals surface area contributed by atoms with E-state index >= 15 is 0 Å². The van der Waals surface area contributed by atoms with Crippen molar-refractivity contribution in [2.24, 2.45) is 0 Å². The number of fused-ring (bicyclic) bond motifs is 6. The molecular formula is C42H45F21N18. The number of alkyl halides is 21. The lowest BCUT2D eigenvalue weighted by molar-refractivity contribution is -0.407. The molecule has 0 aliphatic carbocycles. The molecule has 450 valence electrons. The molecule has 6 aromatic rings. The lowest BCUT2D eigenvalue weighted by atomic mass is 9.99. The molecule has 0 saturated carbocycles. The second-order valence-electron chi connectivity index (χ2n) is 18.5. The summed E-state index contributed by atoms with van der Waals surface area (Å²) in [5, 5.41) is 39.5. The van der Waals surface area contributed by atoms with Crippen molar-refractivity contribution in [2.45, 2.75) is 188 Å². The van der Waals surface area contributed by atoms with E-state index in [1.54, 1.807) is 10.9 Å². The number of hydrogen-bond acceptors (Lipinski definition) is 12. The van der Waals surface area contributed by atoms with Crippen molar-refractivity contribution in [3.8, 4) is 0 Å². The van der Waals surface area contributed by atoms with Gasteiger partial charge in [-0.3, -0.25) is 9.13 Å². The number of nitrogens with zero attached hydrogens (tertiary/aromatic N) is 18. The van der Waals surface area contributed by atoms with Gasteiger partial charge in [0.25, 0.3) is 0 Å². The summed E-state index contributed by atoms with van der Waals surface area (Å²) in [4.78, 5) is 0. The third-order valence-corrected chi connectivity index (χ3v) is 12.7. The van der Waals surface area contributed by atoms with Crippen molar-refractivity contribution >= 4 is 0 Å². The summed E-state index contributed by atoms with van der Waals surface area (Å²) in [6.07, 6.45) is -0.108. The quantitative estimate of drug-likeness (QED) is 0.131. The third-order valence-electron chi connectivity index (χ3n) is 12.7. The summed E-state index contributed by atoms with van der Waals surface area (Å²) in [5.41, 5.74) is 0. The SMILES string of the molecule is FC1(F)CCCC(F)(F)n2cnnc21.FC1(F)CCc2nncn2CC1.FC1(F)c2nncn2C(F)(F)C(F)(F)C(F)(F)C1(F)F.FC1CCCC(F)n2cnnc21.FC1CCc2nncn2CC1.[2H]C1([2H])CC(F)(F)CC([2H])([2H])n2cnnc21. The largest absolute Gasteiger partial charge is 0.401 e. The summed E-state index contributed by atoms with van der Waals surface area (Å²) in [6.45, 7) is -1.33. The monoisotopic (exact) mass is 1200 g/mol. The summed E-state index contributed by atoms with van der Waals surface area (Å²) in [6, 6.07) is -9.39. The molecule has 81 heavy (non-hydrogen) atoms. The molecule has 0 spiro atoms. The molecule has 3 unspecified atom stereocenters. The Kier molecular flexibility index (Phi) is 16.2. The van der Waals surface area contributed by atoms with Crippen molar-refractivity contribution in [3.05, 3.63) is 72.9 Å². The first-order chi connectivity index (χ1) is 39.1. The van der Waals surface area contributed by atoms with E-state index in [-0.39, 0.29) is 29.7 Å². The Morgan fingerprint density at radius 1 is 0.457 bits per heavy atom. The second kappa shape index (κ2) is 23.3. The minimum atomic E-state index is -7.03. The number of halogens is 21. The Morgan fingerprint density at radius 3 is 1.70 bits per heavy atom. The van der Waals surface area contributed by atoms with E-state index in [0.29, 0.717) is 57.2 Å². The molecule has 0 amide bonds. The molecule has 6 aliphatic heterocycles. The van der Waals surface area contributed by atoms with Crippen molar-refractivity contribution < 1.29 is 97.7 Å². The first kappa shape index (κ1) is 56.2. The van der Waals surface area contributed by atoms with Crippen LogP contribution >= 0.6 is 0 Å². The molecule has 0 fully saturated rings. The van der Waals surface area contributed by atoms with Crippen LogP contribution in [0.1, 0.15) is 130 Å². The summed E-state index contributed by atoms with van der Waals surface area (Å²) in [7, 11) is 0. The molecule has 18 nitrogen and oxygen atoms in total. The maximum absolute atomic E-state index is 13.4. The second-order valence-corrected chi connectivity index (χ2v) is 18.5. The van der Waals surface area contributed by atoms with Gasteiger partial charge in [-0.05, 0) is 38.5 Å². The third kappa shape index (κ3) is 13.0. The Labute approximate surface area is 447 Å². The van der Waals surface area contributed by atoms with Crippen LogP contribution in [-0.4, -0.2) is 124 Å². The van der Waals surface area contributed by atoms with E-state index in [2.05, 4.69) is 61.2 Å². The molecule has 0 bridgehead atoms. The first-order valence-electron chi connectivity index (χ1n) is 25.8. The van der Waals surface area contributed by atoms with E-state index in [4.69, 9.17) is 5.48 Å². The van der Waals surface area contributed by atoms with Gasteiger partial charge in [0.1, 0.15) is 61.6 Å². The van der Waals surface area contributed by atoms with E-state index in [9.17, 15) is 92.2 Å². The maximum atomic E-state index is 13.4. The Balaban J connectivity index is 0.000000148. The van der Waals surface area contributed by atoms with Gasteiger partial charge in [-0.25, -0.2) is 35.3 Å². The zero-order chi connectivity index (χ0) is 63.2. The lowest BCUT2D eigenvalue weighted by Gasteiger charge is -2.34. The average Bonchev–Trinajstić information content (AvgIpc) is 1.60. The Bertz CT molecular complexity index is 3000. The molecule has 6 aromatic heterocycles. The summed E-state index contributed by atoms with van der Waals surface area (Å²) < 4.78 is 309. The normalized spacial score (nSPS) is 27.2. The summed E-state index contributed by atoms with van der Waals surface area (Å²) >= 11 is 0. The van der Waals surface area contributed by atoms with Gasteiger partial charge in [-0.1, -0.05) is 0 Å². The Hall–Kier alpha value is -6.63. The van der Waals surface area contributed by atoms with Crippen LogP contribution in [0, 0.1) is 0 Å². The van der Waals surface area contributed by atoms with Crippen molar-refractivity contribution in [2.75, 3.05) is 0 Å². The van der Waals surface area contributed by atoms with Gasteiger partial charge in [-0.15, -0.1) is 61.2 Å². The fourth-order valence-electron chi connectivity index (χ4n) is 8.11. The minimum Gasteiger partial charge on any atom is -0.317 e. The van der Waals surface area contributed by atoms with Gasteiger partial charge in [0.05, 0.1) is 2.74 Å². The van der Waals surface area contributed by atoms with Gasteiger partial charge in [0, 0.05) is 80.1 Å². The van der Waals surface area contributed by atoms with Crippen LogP contribution in [0.5, 0.6) is 0 Å². The van der Waals surface area contributed by atoms with Crippen LogP contribution in [0.2, 0.25) is 0 Å². The summed E-state index contributed by atoms with van der Waals surface area (Å²) in [5.74, 6) is -38.3. The molecule has 3 atom stereocenters. The lowest BCUT2D eigenvalue weighted by Crippen LogP contribution is -2.63. The van der Waals surface area contributed by atoms with Gasteiger partial charge < -0.3 is 13.7 Å². The highest BCUT2D eigenvalue weighted by Crippen LogP contribution is 2.63. The van der Waals surface area contributed by atoms with Crippen LogP contribution in [0.4, 0.5) is 92.2 Å². The standard InChI is InChI=1S/C7HF10N3.C7H7F4N3.3C7H9F2N3.C7H10FN3/c8-3(9)2-19-18-1-20(2)7(16,17)6(14,15)5(12,13)4(3,10)11;8-6(9)2-1-3-7(10,11)14-4-12-13-5(6)14;2*8-7(9)2-1-6-11-10-5-12(6)4-3-7;8-5-2-1-3-6(9)12-4-10-11-7(5)12;8-6-1-2-7-10-9-5-11(7)4-3-6/h1H;4H,1-3H2;2*5H,1-4H2;4-6H,1-3H2;5-6H,1-4H2/i;;1D2,4D2;;;. The predicted molar refractivity (Wildman–Crippen MR) is 228 cm³/mol. The van der Waals surface area contributed by atoms with Crippen molar-refractivity contribution in [3.63, 3.8) is 0 Å². The molecule has 0 saturated heterocycles. The van der Waals surface area contributed by atoms with Crippen molar-refractivity contribution in [1.29, 1.82) is 0 Å². The highest BCUT2D eigenvalue weighted by Gasteiger charge is 2.90. The fraction of sp³-hybridized carbons (Fsp3) is 0.714. The van der Waals surface area contributed by atoms with E-state index in [0.717, 1.165) is 29.7 Å². The fourth-order valence-corrected chi connectivity index (χ4v) is 8.11. The van der Waals surface area contributed by atoms with Gasteiger partial charge >= 0.3 is 41.7 Å². The molecule has 12 heterocycles. The Morgan fingerprint density at radius 2 is 1.02 bits per heavy atom. The molecule has 6 aliphatic rings. The molecule has 0 radical (unpaired) electrons. The van der Waals surface area contributed by atoms with Crippen LogP contribution < -0.4 is 0 Å². The molecule has 0 N–H and O–H groups in total. The maximum Gasteiger partial charge on any atom is 0.401 e. The highest BCUT2D eigenvalue weighted by atomic mass is 19.4. The first-order valence-corrected chi connectivity index (χ1v) is 23.8. The zero-order valence-corrected chi connectivity index (χ0v) is 41.0. The molecule has 39 heteroatoms. The smallest absolute Gasteiger partial charge is 0.317 e. The van der Waals surface area contributed by atoms with Crippen LogP contribution in [0.15, 0.2) is 38.0 Å². The highest BCUT2D eigenvalue weighted by molar-refractivity contribution is 5.18. The average molecular weight is 1200 g/mol. The number of rotatable bonds is 0. The van der Waals surface area contributed by atoms with Gasteiger partial charge in [0.15, 0.2) is 18.3 Å². The molecule has 0 aromatic carbocycles. The van der Waals surface area contributed by atoms with E-state index in [1.165, 1.54) is 17.2 Å². The predicted octanol–water partition coefficient (Wildman–Crippen LogP) is 10.3. The number of aromatic nitrogens is 18. The van der Waals surface area contributed by atoms with E-state index < -0.39 is 139 Å². The topological polar surface area (TPSA) is 184 Å². The van der Waals surface area contributed by atoms with Crippen LogP contribution in [0.25, 0.3) is 0 Å². The van der Waals surface area contributed by atoms with Crippen molar-refractivity contribution in [1.82, 2.24) is 88.6 Å². The van der Waals surface area contributed by atoms with E-state index in [1.807, 2.05) is 4.57 Å². The molecule has 12 rings (SSSR count).